The van der Waals surface area contributed by atoms with Crippen LogP contribution >= 0.6 is 11.8 Å². The number of nitrogens with one attached hydrogen (secondary N) is 1. The number of fused-ring (bicyclic) bond motifs is 1. The predicted octanol–water partition coefficient (Wildman–Crippen LogP) is 2.23. The largest absolute Gasteiger partial charge is 0.492 e. The maximum atomic E-state index is 10.4. The van der Waals surface area contributed by atoms with E-state index >= 15 is 0 Å². The minimum atomic E-state index is 0.309. The molecule has 10 heteroatoms. The van der Waals surface area contributed by atoms with Gasteiger partial charge in [-0.3, -0.25) is 14.9 Å². The van der Waals surface area contributed by atoms with Gasteiger partial charge in [-0.2, -0.15) is 0 Å². The number of aliphatic hydroxyl groups excluding tert-OH is 1. The van der Waals surface area contributed by atoms with Crippen LogP contribution in [0.4, 0.5) is 0 Å². The zero-order valence-corrected chi connectivity index (χ0v) is 19.6. The van der Waals surface area contributed by atoms with Crippen molar-refractivity contribution in [3.05, 3.63) is 29.7 Å². The second-order valence-electron chi connectivity index (χ2n) is 7.79. The van der Waals surface area contributed by atoms with Crippen LogP contribution in [0, 0.1) is 12.8 Å². The summed E-state index contributed by atoms with van der Waals surface area (Å²) < 4.78 is 8.00. The number of piperidine rings is 1. The van der Waals surface area contributed by atoms with Crippen molar-refractivity contribution in [1.82, 2.24) is 9.58 Å². The molecule has 0 bridgehead atoms. The van der Waals surface area contributed by atoms with Crippen molar-refractivity contribution in [3.63, 3.8) is 0 Å². The fourth-order valence-electron chi connectivity index (χ4n) is 3.77. The number of likely N-dealkylation sites (tertiary alicyclic amines) is 1. The first kappa shape index (κ1) is 24.2. The Kier molecular flexibility index (Phi) is 9.51. The van der Waals surface area contributed by atoms with Crippen LogP contribution < -0.4 is 10.2 Å². The summed E-state index contributed by atoms with van der Waals surface area (Å²) >= 11 is 1.39. The number of aldehydes is 1. The standard InChI is InChI=1S/C22H32N6O3S/c1-17-19-13-21(26-22(32-2)23-7-3-11-29)24-16-25-28(19)14-20(17)31-12-4-8-27-9-5-18(15-30)6-10-27/h3,7,11,14,16,18,30H,4-6,8-10,12-13,15H2,1-2H3,(H,23,24,25,26)/b7-3+. The lowest BCUT2D eigenvalue weighted by Crippen LogP contribution is -2.35. The SMILES string of the molecule is CSC(/N=C1/Cc2c(C)c(OCCCN3CCC(CO)CC3)cn2NC=N1)=N\C=C\C=O. The number of amidine groups is 2. The second kappa shape index (κ2) is 12.6. The molecule has 0 amide bonds. The van der Waals surface area contributed by atoms with Gasteiger partial charge in [0.2, 0.25) is 0 Å². The quantitative estimate of drug-likeness (QED) is 0.203. The van der Waals surface area contributed by atoms with Crippen molar-refractivity contribution in [2.45, 2.75) is 32.6 Å². The average molecular weight is 461 g/mol. The molecule has 0 aliphatic carbocycles. The van der Waals surface area contributed by atoms with E-state index in [1.165, 1.54) is 24.0 Å². The molecule has 2 aliphatic heterocycles. The van der Waals surface area contributed by atoms with Crippen LogP contribution in [0.5, 0.6) is 5.75 Å². The lowest BCUT2D eigenvalue weighted by Gasteiger charge is -2.30. The van der Waals surface area contributed by atoms with E-state index in [-0.39, 0.29) is 0 Å². The molecule has 2 aliphatic rings. The van der Waals surface area contributed by atoms with E-state index in [0.29, 0.717) is 42.8 Å². The molecular formula is C22H32N6O3S. The molecule has 3 rings (SSSR count). The summed E-state index contributed by atoms with van der Waals surface area (Å²) in [5.74, 6) is 1.95. The topological polar surface area (TPSA) is 104 Å². The Labute approximate surface area is 193 Å². The highest BCUT2D eigenvalue weighted by molar-refractivity contribution is 8.13. The zero-order valence-electron chi connectivity index (χ0n) is 18.7. The fraction of sp³-hybridized carbons (Fsp3) is 0.545. The lowest BCUT2D eigenvalue weighted by atomic mass is 9.98. The number of hydrogen-bond acceptors (Lipinski definition) is 7. The highest BCUT2D eigenvalue weighted by Gasteiger charge is 2.19. The third-order valence-corrected chi connectivity index (χ3v) is 6.24. The number of ether oxygens (including phenoxy) is 1. The van der Waals surface area contributed by atoms with Gasteiger partial charge in [-0.15, -0.1) is 0 Å². The van der Waals surface area contributed by atoms with E-state index in [2.05, 4.69) is 25.3 Å². The Balaban J connectivity index is 1.56. The van der Waals surface area contributed by atoms with Gasteiger partial charge < -0.3 is 14.7 Å². The Hall–Kier alpha value is -2.43. The van der Waals surface area contributed by atoms with Gasteiger partial charge in [0.05, 0.1) is 24.9 Å². The third kappa shape index (κ3) is 6.78. The van der Waals surface area contributed by atoms with E-state index in [1.807, 2.05) is 24.1 Å². The Bertz CT molecular complexity index is 884. The number of aliphatic hydroxyl groups is 1. The molecule has 0 unspecified atom stereocenters. The molecule has 0 atom stereocenters. The monoisotopic (exact) mass is 460 g/mol. The Morgan fingerprint density at radius 3 is 2.97 bits per heavy atom. The molecule has 2 N–H and O–H groups in total. The molecule has 3 heterocycles. The minimum Gasteiger partial charge on any atom is -0.492 e. The molecule has 9 nitrogen and oxygen atoms in total. The highest BCUT2D eigenvalue weighted by atomic mass is 32.2. The number of thioether (sulfide) groups is 1. The lowest BCUT2D eigenvalue weighted by molar-refractivity contribution is -0.104. The number of aromatic nitrogens is 1. The van der Waals surface area contributed by atoms with E-state index in [9.17, 15) is 9.90 Å². The fourth-order valence-corrected chi connectivity index (χ4v) is 4.13. The van der Waals surface area contributed by atoms with Crippen LogP contribution in [0.1, 0.15) is 30.5 Å². The van der Waals surface area contributed by atoms with Crippen molar-refractivity contribution >= 4 is 35.4 Å². The summed E-state index contributed by atoms with van der Waals surface area (Å²) in [7, 11) is 0. The van der Waals surface area contributed by atoms with Crippen molar-refractivity contribution < 1.29 is 14.6 Å². The molecule has 0 radical (unpaired) electrons. The normalized spacial score (nSPS) is 19.2. The van der Waals surface area contributed by atoms with Crippen molar-refractivity contribution in [2.75, 3.05) is 44.5 Å². The number of aliphatic imine (C=N–C) groups is 3. The summed E-state index contributed by atoms with van der Waals surface area (Å²) in [6, 6.07) is 0. The molecule has 1 aromatic rings. The molecule has 0 aromatic carbocycles. The third-order valence-electron chi connectivity index (χ3n) is 5.67. The number of nitrogens with zero attached hydrogens (tertiary/aromatic N) is 5. The van der Waals surface area contributed by atoms with Gasteiger partial charge in [0, 0.05) is 24.9 Å². The van der Waals surface area contributed by atoms with Crippen LogP contribution in [0.25, 0.3) is 0 Å². The summed E-state index contributed by atoms with van der Waals surface area (Å²) in [5, 5.41) is 9.80. The van der Waals surface area contributed by atoms with Crippen LogP contribution in [-0.4, -0.2) is 77.4 Å². The summed E-state index contributed by atoms with van der Waals surface area (Å²) in [6.07, 6.45) is 12.5. The van der Waals surface area contributed by atoms with Crippen molar-refractivity contribution in [1.29, 1.82) is 0 Å². The predicted molar refractivity (Wildman–Crippen MR) is 131 cm³/mol. The molecule has 1 aromatic heterocycles. The maximum absolute atomic E-state index is 10.4. The van der Waals surface area contributed by atoms with E-state index in [0.717, 1.165) is 55.9 Å². The molecule has 1 saturated heterocycles. The second-order valence-corrected chi connectivity index (χ2v) is 8.56. The average Bonchev–Trinajstić information content (AvgIpc) is 2.97. The first-order chi connectivity index (χ1) is 15.6. The molecule has 32 heavy (non-hydrogen) atoms. The smallest absolute Gasteiger partial charge is 0.188 e. The molecule has 1 fully saturated rings. The van der Waals surface area contributed by atoms with Crippen LogP contribution in [-0.2, 0) is 11.2 Å². The number of rotatable bonds is 8. The van der Waals surface area contributed by atoms with Gasteiger partial charge >= 0.3 is 0 Å². The summed E-state index contributed by atoms with van der Waals surface area (Å²) in [4.78, 5) is 26.0. The molecule has 174 valence electrons. The van der Waals surface area contributed by atoms with E-state index in [4.69, 9.17) is 4.74 Å². The van der Waals surface area contributed by atoms with E-state index in [1.54, 1.807) is 6.34 Å². The Morgan fingerprint density at radius 2 is 2.25 bits per heavy atom. The van der Waals surface area contributed by atoms with Gasteiger partial charge in [0.1, 0.15) is 24.2 Å². The molecule has 0 spiro atoms. The zero-order chi connectivity index (χ0) is 22.8. The first-order valence-corrected chi connectivity index (χ1v) is 12.1. The van der Waals surface area contributed by atoms with Gasteiger partial charge in [0.25, 0.3) is 0 Å². The van der Waals surface area contributed by atoms with Gasteiger partial charge in [-0.1, -0.05) is 11.8 Å². The number of hydrogen-bond donors (Lipinski definition) is 2. The number of allylic oxidation sites excluding steroid dienone is 1. The number of carbonyl (C=O) groups is 1. The van der Waals surface area contributed by atoms with Crippen molar-refractivity contribution in [2.24, 2.45) is 20.9 Å². The summed E-state index contributed by atoms with van der Waals surface area (Å²) in [6.45, 7) is 6.14. The van der Waals surface area contributed by atoms with Crippen LogP contribution in [0.15, 0.2) is 33.5 Å². The Morgan fingerprint density at radius 1 is 1.44 bits per heavy atom. The van der Waals surface area contributed by atoms with Crippen molar-refractivity contribution in [3.8, 4) is 5.75 Å². The van der Waals surface area contributed by atoms with Gasteiger partial charge in [0.15, 0.2) is 5.17 Å². The minimum absolute atomic E-state index is 0.309. The van der Waals surface area contributed by atoms with Gasteiger partial charge in [-0.05, 0) is 57.5 Å². The summed E-state index contributed by atoms with van der Waals surface area (Å²) in [5.41, 5.74) is 5.23. The maximum Gasteiger partial charge on any atom is 0.188 e. The number of carbonyl (C=O) groups excluding carboxylic acids is 1. The molecule has 0 saturated carbocycles. The first-order valence-electron chi connectivity index (χ1n) is 10.9. The van der Waals surface area contributed by atoms with Crippen LogP contribution in [0.3, 0.4) is 0 Å². The van der Waals surface area contributed by atoms with Gasteiger partial charge in [-0.25, -0.2) is 15.0 Å². The highest BCUT2D eigenvalue weighted by Crippen LogP contribution is 2.25. The molecular weight excluding hydrogens is 428 g/mol. The van der Waals surface area contributed by atoms with E-state index < -0.39 is 0 Å². The van der Waals surface area contributed by atoms with Crippen LogP contribution in [0.2, 0.25) is 0 Å².